The zero-order chi connectivity index (χ0) is 8.04. The van der Waals surface area contributed by atoms with E-state index in [0.717, 1.165) is 25.3 Å². The van der Waals surface area contributed by atoms with Gasteiger partial charge >= 0.3 is 0 Å². The summed E-state index contributed by atoms with van der Waals surface area (Å²) >= 11 is 0.933. The second-order valence-corrected chi connectivity index (χ2v) is 2.89. The second-order valence-electron chi connectivity index (χ2n) is 2.46. The Bertz CT molecular complexity index is 110. The van der Waals surface area contributed by atoms with Crippen LogP contribution < -0.4 is 0 Å². The number of hydrogen-bond acceptors (Lipinski definition) is 3. The van der Waals surface area contributed by atoms with Gasteiger partial charge in [-0.3, -0.25) is 0 Å². The number of rotatable bonds is 5. The van der Waals surface area contributed by atoms with Gasteiger partial charge in [0, 0.05) is 5.41 Å². The Morgan fingerprint density at radius 3 is 3.11 bits per heavy atom. The Morgan fingerprint density at radius 2 is 2.67 bits per heavy atom. The van der Waals surface area contributed by atoms with Gasteiger partial charge in [0.25, 0.3) is 0 Å². The van der Waals surface area contributed by atoms with Crippen LogP contribution in [0.3, 0.4) is 0 Å². The molecule has 0 rings (SSSR count). The molecule has 0 aromatic heterocycles. The summed E-state index contributed by atoms with van der Waals surface area (Å²) in [6.07, 6.45) is 0.845. The van der Waals surface area contributed by atoms with Gasteiger partial charge in [0.15, 0.2) is 0 Å². The molecular formula is C5H10BO2S. The van der Waals surface area contributed by atoms with E-state index < -0.39 is 5.41 Å². The number of hydrogen-bond donors (Lipinski definition) is 0. The average Bonchev–Trinajstić information content (AvgIpc) is 1.89. The summed E-state index contributed by atoms with van der Waals surface area (Å²) in [6.45, 7) is 3.91. The van der Waals surface area contributed by atoms with Crippen molar-refractivity contribution in [3.05, 3.63) is 0 Å². The van der Waals surface area contributed by atoms with E-state index in [-0.39, 0.29) is 0 Å². The van der Waals surface area contributed by atoms with E-state index in [2.05, 4.69) is 0 Å². The van der Waals surface area contributed by atoms with Crippen LogP contribution in [0.15, 0.2) is 0 Å². The molecule has 0 saturated carbocycles. The van der Waals surface area contributed by atoms with Crippen molar-refractivity contribution in [1.29, 1.82) is 1.34 Å². The highest BCUT2D eigenvalue weighted by Gasteiger charge is 2.15. The van der Waals surface area contributed by atoms with Crippen molar-refractivity contribution >= 4 is 25.3 Å². The highest BCUT2D eigenvalue weighted by atomic mass is 32.2. The molecule has 0 aromatic carbocycles. The lowest BCUT2D eigenvalue weighted by Crippen LogP contribution is -2.18. The molecule has 0 bridgehead atoms. The smallest absolute Gasteiger partial charge is 0.209 e. The van der Waals surface area contributed by atoms with Crippen LogP contribution in [-0.2, 0) is 8.98 Å². The van der Waals surface area contributed by atoms with Crippen molar-refractivity contribution in [2.45, 2.75) is 13.8 Å². The van der Waals surface area contributed by atoms with E-state index >= 15 is 0 Å². The molecule has 0 aliphatic rings. The van der Waals surface area contributed by atoms with Crippen LogP contribution in [0.5, 0.6) is 0 Å². The molecule has 0 aromatic rings. The lowest BCUT2D eigenvalue weighted by atomic mass is 9.98. The highest BCUT2D eigenvalue weighted by molar-refractivity contribution is 8.15. The minimum absolute atomic E-state index is 0.344. The summed E-state index contributed by atoms with van der Waals surface area (Å²) in [4.78, 5) is 10.3. The first-order valence-corrected chi connectivity index (χ1v) is 3.37. The van der Waals surface area contributed by atoms with E-state index in [0.29, 0.717) is 6.61 Å². The minimum atomic E-state index is -0.435. The van der Waals surface area contributed by atoms with Gasteiger partial charge in [-0.2, -0.15) is 0 Å². The molecular weight excluding hydrogens is 135 g/mol. The SMILES string of the molecule is [3H][B]SOCC(C)(C)C=O. The largest absolute Gasteiger partial charge is 0.327 e. The van der Waals surface area contributed by atoms with Crippen LogP contribution in [0.2, 0.25) is 0 Å². The molecule has 0 aliphatic carbocycles. The van der Waals surface area contributed by atoms with E-state index in [1.165, 1.54) is 0 Å². The number of carbonyl (C=O) groups excluding carboxylic acids is 1. The Morgan fingerprint density at radius 1 is 2.00 bits per heavy atom. The summed E-state index contributed by atoms with van der Waals surface area (Å²) in [5, 5.41) is 0. The van der Waals surface area contributed by atoms with Gasteiger partial charge < -0.3 is 8.98 Å². The Balaban J connectivity index is 3.37. The van der Waals surface area contributed by atoms with Crippen LogP contribution in [0.25, 0.3) is 0 Å². The van der Waals surface area contributed by atoms with Gasteiger partial charge in [-0.15, -0.1) is 0 Å². The fourth-order valence-corrected chi connectivity index (χ4v) is 0.592. The Hall–Kier alpha value is 0.0449. The van der Waals surface area contributed by atoms with Gasteiger partial charge in [0.1, 0.15) is 6.29 Å². The van der Waals surface area contributed by atoms with E-state index in [1.807, 2.05) is 0 Å². The van der Waals surface area contributed by atoms with E-state index in [4.69, 9.17) is 5.52 Å². The topological polar surface area (TPSA) is 26.3 Å². The molecule has 9 heavy (non-hydrogen) atoms. The molecule has 4 heteroatoms. The zero-order valence-corrected chi connectivity index (χ0v) is 6.40. The first-order valence-electron chi connectivity index (χ1n) is 3.15. The highest BCUT2D eigenvalue weighted by Crippen LogP contribution is 2.13. The Kier molecular flexibility index (Phi) is 3.15. The lowest BCUT2D eigenvalue weighted by Gasteiger charge is -2.14. The van der Waals surface area contributed by atoms with Crippen LogP contribution >= 0.6 is 11.9 Å². The van der Waals surface area contributed by atoms with Gasteiger partial charge in [0.2, 0.25) is 7.09 Å². The predicted molar refractivity (Wildman–Crippen MR) is 40.5 cm³/mol. The summed E-state index contributed by atoms with van der Waals surface area (Å²) in [5.74, 6) is 0. The molecule has 0 N–H and O–H groups in total. The molecule has 0 saturated heterocycles. The van der Waals surface area contributed by atoms with Crippen molar-refractivity contribution in [2.24, 2.45) is 5.41 Å². The van der Waals surface area contributed by atoms with Gasteiger partial charge in [-0.1, -0.05) is 25.7 Å². The van der Waals surface area contributed by atoms with Crippen molar-refractivity contribution in [3.63, 3.8) is 0 Å². The maximum atomic E-state index is 10.3. The third kappa shape index (κ3) is 4.54. The molecule has 1 radical (unpaired) electrons. The third-order valence-electron chi connectivity index (χ3n) is 0.818. The first-order chi connectivity index (χ1) is 4.62. The van der Waals surface area contributed by atoms with Crippen LogP contribution in [-0.4, -0.2) is 21.3 Å². The second kappa shape index (κ2) is 3.96. The molecule has 0 atom stereocenters. The predicted octanol–water partition coefficient (Wildman–Crippen LogP) is 0.692. The monoisotopic (exact) mass is 147 g/mol. The summed E-state index contributed by atoms with van der Waals surface area (Å²) < 4.78 is 11.5. The van der Waals surface area contributed by atoms with E-state index in [9.17, 15) is 4.79 Å². The van der Waals surface area contributed by atoms with Crippen LogP contribution in [0, 0.1) is 5.41 Å². The van der Waals surface area contributed by atoms with Gasteiger partial charge in [-0.05, 0) is 1.34 Å². The summed E-state index contributed by atoms with van der Waals surface area (Å²) in [6, 6.07) is 0. The van der Waals surface area contributed by atoms with Crippen molar-refractivity contribution in [2.75, 3.05) is 6.61 Å². The standard InChI is InChI=1S/C5H10BO2S/c1-5(2,3-7)4-8-9-6/h3,6H,4H2,1-2H3/i6T. The maximum Gasteiger partial charge on any atom is 0.209 e. The molecule has 2 nitrogen and oxygen atoms in total. The summed E-state index contributed by atoms with van der Waals surface area (Å²) in [5.41, 5.74) is -0.435. The average molecular weight is 147 g/mol. The van der Waals surface area contributed by atoms with Gasteiger partial charge in [0.05, 0.1) is 6.61 Å². The fraction of sp³-hybridized carbons (Fsp3) is 0.800. The molecule has 0 aliphatic heterocycles. The van der Waals surface area contributed by atoms with Crippen molar-refractivity contribution < 1.29 is 8.98 Å². The lowest BCUT2D eigenvalue weighted by molar-refractivity contribution is -0.115. The van der Waals surface area contributed by atoms with E-state index in [1.54, 1.807) is 13.8 Å². The quantitative estimate of drug-likeness (QED) is 0.247. The molecule has 51 valence electrons. The van der Waals surface area contributed by atoms with Crippen LogP contribution in [0.1, 0.15) is 13.8 Å². The van der Waals surface area contributed by atoms with Gasteiger partial charge in [-0.25, -0.2) is 0 Å². The minimum Gasteiger partial charge on any atom is -0.327 e. The molecule has 0 fully saturated rings. The zero-order valence-electron chi connectivity index (χ0n) is 6.59. The molecule has 0 heterocycles. The van der Waals surface area contributed by atoms with Crippen LogP contribution in [0.4, 0.5) is 0 Å². The fourth-order valence-electron chi connectivity index (χ4n) is 0.220. The molecule has 0 amide bonds. The maximum absolute atomic E-state index is 10.3. The van der Waals surface area contributed by atoms with Crippen molar-refractivity contribution in [3.8, 4) is 0 Å². The normalized spacial score (nSPS) is 12.4. The first kappa shape index (κ1) is 7.16. The third-order valence-corrected chi connectivity index (χ3v) is 1.07. The summed E-state index contributed by atoms with van der Waals surface area (Å²) in [7, 11) is 1.08. The Labute approximate surface area is 62.2 Å². The number of aldehydes is 1. The molecule has 0 spiro atoms. The molecule has 0 unspecified atom stereocenters. The number of carbonyl (C=O) groups is 1. The van der Waals surface area contributed by atoms with Crippen molar-refractivity contribution in [1.82, 2.24) is 0 Å².